The molecule has 0 heterocycles. The Labute approximate surface area is 221 Å². The van der Waals surface area contributed by atoms with E-state index >= 15 is 0 Å². The van der Waals surface area contributed by atoms with Crippen LogP contribution in [0.2, 0.25) is 0 Å². The van der Waals surface area contributed by atoms with Crippen LogP contribution in [0.4, 0.5) is 0 Å². The van der Waals surface area contributed by atoms with Gasteiger partial charge in [-0.25, -0.2) is 10.2 Å². The summed E-state index contributed by atoms with van der Waals surface area (Å²) in [4.78, 5) is 36.2. The van der Waals surface area contributed by atoms with Crippen LogP contribution in [-0.2, 0) is 9.59 Å². The Balaban J connectivity index is 1.75. The molecule has 0 aliphatic carbocycles. The lowest BCUT2D eigenvalue weighted by atomic mass is 10.1. The second kappa shape index (κ2) is 16.5. The fourth-order valence-electron chi connectivity index (χ4n) is 3.35. The molecule has 0 bridgehead atoms. The van der Waals surface area contributed by atoms with E-state index in [0.717, 1.165) is 23.7 Å². The van der Waals surface area contributed by atoms with Gasteiger partial charge in [0.25, 0.3) is 5.91 Å². The predicted molar refractivity (Wildman–Crippen MR) is 143 cm³/mol. The zero-order valence-electron chi connectivity index (χ0n) is 20.8. The maximum Gasteiger partial charge on any atom is 0.343 e. The van der Waals surface area contributed by atoms with Gasteiger partial charge in [0.15, 0.2) is 11.5 Å². The van der Waals surface area contributed by atoms with Crippen LogP contribution in [0.15, 0.2) is 52.0 Å². The minimum Gasteiger partial charge on any atom is -0.493 e. The maximum atomic E-state index is 12.4. The first-order valence-corrected chi connectivity index (χ1v) is 13.0. The van der Waals surface area contributed by atoms with Gasteiger partial charge in [0.05, 0.1) is 25.4 Å². The molecule has 0 saturated heterocycles. The summed E-state index contributed by atoms with van der Waals surface area (Å²) < 4.78 is 11.5. The van der Waals surface area contributed by atoms with Gasteiger partial charge in [-0.05, 0) is 48.4 Å². The Bertz CT molecular complexity index is 1040. The number of nitrogens with zero attached hydrogens (tertiary/aromatic N) is 1. The van der Waals surface area contributed by atoms with Crippen molar-refractivity contribution in [3.8, 4) is 11.5 Å². The summed E-state index contributed by atoms with van der Waals surface area (Å²) in [7, 11) is 1.46. The van der Waals surface area contributed by atoms with Crippen LogP contribution in [0.3, 0.4) is 0 Å². The number of carbonyl (C=O) groups excluding carboxylic acids is 3. The Morgan fingerprint density at radius 3 is 2.42 bits per heavy atom. The molecule has 2 amide bonds. The molecule has 2 rings (SSSR count). The molecular formula is C27H34BrN3O5. The van der Waals surface area contributed by atoms with Gasteiger partial charge in [-0.2, -0.15) is 5.10 Å². The first-order chi connectivity index (χ1) is 17.4. The Kier molecular flexibility index (Phi) is 13.3. The van der Waals surface area contributed by atoms with E-state index in [1.54, 1.807) is 36.4 Å². The highest BCUT2D eigenvalue weighted by Crippen LogP contribution is 2.28. The van der Waals surface area contributed by atoms with Gasteiger partial charge in [0, 0.05) is 10.9 Å². The summed E-state index contributed by atoms with van der Waals surface area (Å²) in [6.45, 7) is 2.05. The summed E-state index contributed by atoms with van der Waals surface area (Å²) in [5.41, 5.74) is 3.40. The van der Waals surface area contributed by atoms with E-state index in [4.69, 9.17) is 9.47 Å². The van der Waals surface area contributed by atoms with Gasteiger partial charge >= 0.3 is 5.97 Å². The number of ether oxygens (including phenoxy) is 2. The van der Waals surface area contributed by atoms with Crippen molar-refractivity contribution in [1.82, 2.24) is 10.7 Å². The van der Waals surface area contributed by atoms with Gasteiger partial charge in [-0.3, -0.25) is 9.59 Å². The molecule has 0 atom stereocenters. The SMILES string of the molecule is CCCCCCCCCC(=O)NCC(=O)N/N=C\c1ccc(OC(=O)c2cccc(Br)c2)c(OC)c1. The topological polar surface area (TPSA) is 106 Å². The largest absolute Gasteiger partial charge is 0.493 e. The normalized spacial score (nSPS) is 10.8. The molecule has 2 N–H and O–H groups in total. The number of carbonyl (C=O) groups is 3. The number of hydrazone groups is 1. The molecule has 36 heavy (non-hydrogen) atoms. The number of halogens is 1. The Morgan fingerprint density at radius 1 is 0.944 bits per heavy atom. The molecule has 0 saturated carbocycles. The van der Waals surface area contributed by atoms with Crippen molar-refractivity contribution in [2.45, 2.75) is 58.3 Å². The number of esters is 1. The number of amides is 2. The van der Waals surface area contributed by atoms with E-state index in [-0.39, 0.29) is 18.2 Å². The van der Waals surface area contributed by atoms with Crippen LogP contribution < -0.4 is 20.2 Å². The second-order valence-corrected chi connectivity index (χ2v) is 9.17. The van der Waals surface area contributed by atoms with E-state index in [0.29, 0.717) is 23.3 Å². The van der Waals surface area contributed by atoms with E-state index in [9.17, 15) is 14.4 Å². The first kappa shape index (κ1) is 29.0. The molecule has 0 spiro atoms. The molecule has 0 aliphatic rings. The highest BCUT2D eigenvalue weighted by Gasteiger charge is 2.13. The van der Waals surface area contributed by atoms with Gasteiger partial charge in [0.2, 0.25) is 5.91 Å². The monoisotopic (exact) mass is 559 g/mol. The van der Waals surface area contributed by atoms with Crippen LogP contribution in [0.25, 0.3) is 0 Å². The first-order valence-electron chi connectivity index (χ1n) is 12.2. The fraction of sp³-hybridized carbons (Fsp3) is 0.407. The maximum absolute atomic E-state index is 12.4. The fourth-order valence-corrected chi connectivity index (χ4v) is 3.75. The van der Waals surface area contributed by atoms with Crippen LogP contribution in [0.1, 0.15) is 74.2 Å². The van der Waals surface area contributed by atoms with E-state index in [2.05, 4.69) is 38.7 Å². The van der Waals surface area contributed by atoms with Crippen LogP contribution in [0.5, 0.6) is 11.5 Å². The lowest BCUT2D eigenvalue weighted by Gasteiger charge is -2.10. The van der Waals surface area contributed by atoms with Crippen molar-refractivity contribution < 1.29 is 23.9 Å². The Morgan fingerprint density at radius 2 is 1.69 bits per heavy atom. The standard InChI is InChI=1S/C27H34BrN3O5/c1-3-4-5-6-7-8-9-13-25(32)29-19-26(33)31-30-18-20-14-15-23(24(16-20)35-2)36-27(34)21-11-10-12-22(28)17-21/h10-12,14-18H,3-9,13,19H2,1-2H3,(H,29,32)(H,31,33)/b30-18-. The average molecular weight is 560 g/mol. The molecule has 0 radical (unpaired) electrons. The Hall–Kier alpha value is -3.20. The minimum absolute atomic E-state index is 0.138. The summed E-state index contributed by atoms with van der Waals surface area (Å²) in [6.07, 6.45) is 9.79. The molecule has 2 aromatic carbocycles. The van der Waals surface area contributed by atoms with E-state index in [1.165, 1.54) is 39.0 Å². The van der Waals surface area contributed by atoms with Crippen LogP contribution in [-0.4, -0.2) is 37.7 Å². The third kappa shape index (κ3) is 11.0. The minimum atomic E-state index is -0.516. The second-order valence-electron chi connectivity index (χ2n) is 8.25. The van der Waals surface area contributed by atoms with Crippen molar-refractivity contribution in [2.24, 2.45) is 5.10 Å². The molecule has 0 unspecified atom stereocenters. The number of unbranched alkanes of at least 4 members (excludes halogenated alkanes) is 6. The summed E-state index contributed by atoms with van der Waals surface area (Å²) in [6, 6.07) is 11.8. The third-order valence-electron chi connectivity index (χ3n) is 5.31. The average Bonchev–Trinajstić information content (AvgIpc) is 2.87. The van der Waals surface area contributed by atoms with Gasteiger partial charge in [0.1, 0.15) is 0 Å². The van der Waals surface area contributed by atoms with Crippen LogP contribution in [0, 0.1) is 0 Å². The lowest BCUT2D eigenvalue weighted by Crippen LogP contribution is -2.34. The summed E-state index contributed by atoms with van der Waals surface area (Å²) in [5, 5.41) is 6.52. The van der Waals surface area contributed by atoms with Crippen molar-refractivity contribution in [3.63, 3.8) is 0 Å². The number of methoxy groups -OCH3 is 1. The molecule has 8 nitrogen and oxygen atoms in total. The van der Waals surface area contributed by atoms with Crippen molar-refractivity contribution >= 4 is 39.9 Å². The molecule has 194 valence electrons. The molecule has 0 fully saturated rings. The zero-order valence-corrected chi connectivity index (χ0v) is 22.4. The molecular weight excluding hydrogens is 526 g/mol. The quantitative estimate of drug-likeness (QED) is 0.100. The molecule has 0 aliphatic heterocycles. The number of hydrogen-bond acceptors (Lipinski definition) is 6. The lowest BCUT2D eigenvalue weighted by molar-refractivity contribution is -0.126. The summed E-state index contributed by atoms with van der Waals surface area (Å²) >= 11 is 3.33. The van der Waals surface area contributed by atoms with E-state index < -0.39 is 11.9 Å². The van der Waals surface area contributed by atoms with Crippen molar-refractivity contribution in [3.05, 3.63) is 58.1 Å². The molecule has 2 aromatic rings. The summed E-state index contributed by atoms with van der Waals surface area (Å²) in [5.74, 6) is -0.484. The zero-order chi connectivity index (χ0) is 26.2. The number of nitrogens with one attached hydrogen (secondary N) is 2. The van der Waals surface area contributed by atoms with Gasteiger partial charge in [-0.1, -0.05) is 67.4 Å². The number of rotatable bonds is 15. The number of benzene rings is 2. The highest BCUT2D eigenvalue weighted by atomic mass is 79.9. The predicted octanol–water partition coefficient (Wildman–Crippen LogP) is 5.38. The smallest absolute Gasteiger partial charge is 0.343 e. The molecule has 9 heteroatoms. The number of hydrogen-bond donors (Lipinski definition) is 2. The van der Waals surface area contributed by atoms with Gasteiger partial charge < -0.3 is 14.8 Å². The third-order valence-corrected chi connectivity index (χ3v) is 5.80. The van der Waals surface area contributed by atoms with Gasteiger partial charge in [-0.15, -0.1) is 0 Å². The highest BCUT2D eigenvalue weighted by molar-refractivity contribution is 9.10. The van der Waals surface area contributed by atoms with Crippen LogP contribution >= 0.6 is 15.9 Å². The molecule has 0 aromatic heterocycles. The van der Waals surface area contributed by atoms with Crippen molar-refractivity contribution in [1.29, 1.82) is 0 Å². The van der Waals surface area contributed by atoms with E-state index in [1.807, 2.05) is 6.07 Å². The van der Waals surface area contributed by atoms with Crippen molar-refractivity contribution in [2.75, 3.05) is 13.7 Å².